The number of nitrogens with one attached hydrogen (secondary N) is 1. The molecule has 0 bridgehead atoms. The van der Waals surface area contributed by atoms with Gasteiger partial charge in [-0.25, -0.2) is 0 Å². The number of carbonyl (C=O) groups excluding carboxylic acids is 1. The van der Waals surface area contributed by atoms with Crippen LogP contribution in [0.3, 0.4) is 0 Å². The molecule has 5 nitrogen and oxygen atoms in total. The molecule has 0 atom stereocenters. The lowest BCUT2D eigenvalue weighted by molar-refractivity contribution is -0.130. The van der Waals surface area contributed by atoms with E-state index >= 15 is 0 Å². The van der Waals surface area contributed by atoms with E-state index in [0.717, 1.165) is 49.7 Å². The Morgan fingerprint density at radius 2 is 2.04 bits per heavy atom. The van der Waals surface area contributed by atoms with Crippen molar-refractivity contribution in [2.24, 2.45) is 0 Å². The second kappa shape index (κ2) is 9.73. The number of nitrogens with zero attached hydrogens (tertiary/aromatic N) is 2. The van der Waals surface area contributed by atoms with Crippen LogP contribution in [0, 0.1) is 0 Å². The maximum atomic E-state index is 11.5. The Bertz CT molecular complexity index is 586. The minimum atomic E-state index is 0.152. The molecule has 0 unspecified atom stereocenters. The molecular formula is C19H29N3O2S. The van der Waals surface area contributed by atoms with Crippen molar-refractivity contribution in [3.63, 3.8) is 0 Å². The van der Waals surface area contributed by atoms with Crippen LogP contribution in [-0.2, 0) is 16.0 Å². The van der Waals surface area contributed by atoms with Gasteiger partial charge in [0.15, 0.2) is 5.11 Å². The number of piperidine rings is 1. The summed E-state index contributed by atoms with van der Waals surface area (Å²) in [6.45, 7) is 6.74. The lowest BCUT2D eigenvalue weighted by atomic mass is 10.0. The summed E-state index contributed by atoms with van der Waals surface area (Å²) in [5.41, 5.74) is 2.32. The number of hydrogen-bond donors (Lipinski definition) is 1. The topological polar surface area (TPSA) is 44.8 Å². The first kappa shape index (κ1) is 19.7. The molecule has 25 heavy (non-hydrogen) atoms. The van der Waals surface area contributed by atoms with Crippen LogP contribution in [0.1, 0.15) is 32.3 Å². The summed E-state index contributed by atoms with van der Waals surface area (Å²) in [5, 5.41) is 4.16. The maximum Gasteiger partial charge on any atom is 0.219 e. The number of aryl methyl sites for hydroxylation is 1. The van der Waals surface area contributed by atoms with Crippen molar-refractivity contribution in [2.75, 3.05) is 38.7 Å². The summed E-state index contributed by atoms with van der Waals surface area (Å²) in [7, 11) is 1.71. The van der Waals surface area contributed by atoms with E-state index < -0.39 is 0 Å². The van der Waals surface area contributed by atoms with E-state index in [0.29, 0.717) is 12.6 Å². The van der Waals surface area contributed by atoms with Crippen LogP contribution in [0.5, 0.6) is 0 Å². The van der Waals surface area contributed by atoms with Gasteiger partial charge in [-0.15, -0.1) is 0 Å². The molecule has 1 amide bonds. The van der Waals surface area contributed by atoms with Crippen LogP contribution < -0.4 is 5.32 Å². The van der Waals surface area contributed by atoms with Crippen molar-refractivity contribution >= 4 is 28.9 Å². The molecule has 0 saturated carbocycles. The van der Waals surface area contributed by atoms with Crippen molar-refractivity contribution in [2.45, 2.75) is 39.2 Å². The van der Waals surface area contributed by atoms with Crippen LogP contribution in [-0.4, -0.2) is 60.2 Å². The highest BCUT2D eigenvalue weighted by atomic mass is 32.1. The summed E-state index contributed by atoms with van der Waals surface area (Å²) in [6.07, 6.45) is 2.82. The van der Waals surface area contributed by atoms with Gasteiger partial charge in [-0.3, -0.25) is 4.79 Å². The van der Waals surface area contributed by atoms with Crippen LogP contribution in [0.25, 0.3) is 0 Å². The quantitative estimate of drug-likeness (QED) is 0.788. The van der Waals surface area contributed by atoms with Crippen molar-refractivity contribution < 1.29 is 9.53 Å². The molecule has 1 aromatic rings. The van der Waals surface area contributed by atoms with Crippen molar-refractivity contribution in [1.29, 1.82) is 0 Å². The number of carbonyl (C=O) groups is 1. The van der Waals surface area contributed by atoms with Crippen LogP contribution in [0.15, 0.2) is 24.3 Å². The number of rotatable bonds is 6. The molecule has 6 heteroatoms. The minimum Gasteiger partial charge on any atom is -0.383 e. The van der Waals surface area contributed by atoms with Crippen molar-refractivity contribution in [3.05, 3.63) is 29.8 Å². The maximum absolute atomic E-state index is 11.5. The van der Waals surface area contributed by atoms with Crippen LogP contribution in [0.4, 0.5) is 5.69 Å². The normalized spacial score (nSPS) is 15.1. The van der Waals surface area contributed by atoms with E-state index in [2.05, 4.69) is 29.3 Å². The predicted octanol–water partition coefficient (Wildman–Crippen LogP) is 2.91. The van der Waals surface area contributed by atoms with Gasteiger partial charge < -0.3 is 19.9 Å². The third-order valence-electron chi connectivity index (χ3n) is 4.79. The number of anilines is 1. The van der Waals surface area contributed by atoms with E-state index in [1.165, 1.54) is 5.56 Å². The van der Waals surface area contributed by atoms with E-state index in [9.17, 15) is 4.79 Å². The lowest BCUT2D eigenvalue weighted by Crippen LogP contribution is -2.50. The van der Waals surface area contributed by atoms with Gasteiger partial charge in [-0.2, -0.15) is 0 Å². The molecule has 1 fully saturated rings. The smallest absolute Gasteiger partial charge is 0.219 e. The van der Waals surface area contributed by atoms with E-state index in [1.807, 2.05) is 17.0 Å². The fourth-order valence-corrected chi connectivity index (χ4v) is 3.62. The number of para-hydroxylation sites is 1. The molecule has 0 aromatic heterocycles. The molecule has 2 rings (SSSR count). The van der Waals surface area contributed by atoms with Gasteiger partial charge >= 0.3 is 0 Å². The van der Waals surface area contributed by atoms with Crippen molar-refractivity contribution in [1.82, 2.24) is 9.80 Å². The van der Waals surface area contributed by atoms with Crippen LogP contribution in [0.2, 0.25) is 0 Å². The number of benzene rings is 1. The average molecular weight is 364 g/mol. The second-order valence-electron chi connectivity index (χ2n) is 6.36. The first-order valence-corrected chi connectivity index (χ1v) is 9.37. The number of hydrogen-bond acceptors (Lipinski definition) is 3. The van der Waals surface area contributed by atoms with Gasteiger partial charge in [-0.1, -0.05) is 25.1 Å². The molecule has 138 valence electrons. The highest BCUT2D eigenvalue weighted by molar-refractivity contribution is 7.80. The lowest BCUT2D eigenvalue weighted by Gasteiger charge is -2.39. The number of amides is 1. The molecule has 1 saturated heterocycles. The third kappa shape index (κ3) is 5.41. The molecule has 1 aromatic carbocycles. The Labute approximate surface area is 156 Å². The highest BCUT2D eigenvalue weighted by Crippen LogP contribution is 2.20. The summed E-state index contributed by atoms with van der Waals surface area (Å²) >= 11 is 5.72. The molecule has 1 N–H and O–H groups in total. The zero-order valence-electron chi connectivity index (χ0n) is 15.5. The predicted molar refractivity (Wildman–Crippen MR) is 106 cm³/mol. The highest BCUT2D eigenvalue weighted by Gasteiger charge is 2.27. The number of thiocarbonyl (C=S) groups is 1. The summed E-state index contributed by atoms with van der Waals surface area (Å²) in [4.78, 5) is 15.7. The molecule has 0 spiro atoms. The Kier molecular flexibility index (Phi) is 7.65. The fraction of sp³-hybridized carbons (Fsp3) is 0.579. The summed E-state index contributed by atoms with van der Waals surface area (Å²) < 4.78 is 5.27. The van der Waals surface area contributed by atoms with Crippen molar-refractivity contribution in [3.8, 4) is 0 Å². The monoisotopic (exact) mass is 363 g/mol. The van der Waals surface area contributed by atoms with Gasteiger partial charge in [0.25, 0.3) is 0 Å². The largest absolute Gasteiger partial charge is 0.383 e. The number of methoxy groups -OCH3 is 1. The van der Waals surface area contributed by atoms with Gasteiger partial charge in [-0.05, 0) is 43.1 Å². The van der Waals surface area contributed by atoms with Gasteiger partial charge in [0.2, 0.25) is 5.91 Å². The number of ether oxygens (including phenoxy) is 1. The van der Waals surface area contributed by atoms with Gasteiger partial charge in [0, 0.05) is 45.4 Å². The third-order valence-corrected chi connectivity index (χ3v) is 5.12. The Morgan fingerprint density at radius 1 is 1.36 bits per heavy atom. The average Bonchev–Trinajstić information content (AvgIpc) is 2.63. The Hall–Kier alpha value is -1.66. The number of likely N-dealkylation sites (tertiary alicyclic amines) is 1. The molecule has 0 radical (unpaired) electrons. The summed E-state index contributed by atoms with van der Waals surface area (Å²) in [6, 6.07) is 8.59. The Balaban J connectivity index is 2.06. The fourth-order valence-electron chi connectivity index (χ4n) is 3.27. The molecule has 1 aliphatic rings. The zero-order valence-corrected chi connectivity index (χ0v) is 16.3. The zero-order chi connectivity index (χ0) is 18.2. The van der Waals surface area contributed by atoms with Crippen LogP contribution >= 0.6 is 12.2 Å². The Morgan fingerprint density at radius 3 is 2.64 bits per heavy atom. The van der Waals surface area contributed by atoms with E-state index in [1.54, 1.807) is 14.0 Å². The summed E-state index contributed by atoms with van der Waals surface area (Å²) in [5.74, 6) is 0.152. The van der Waals surface area contributed by atoms with E-state index in [4.69, 9.17) is 17.0 Å². The molecular weight excluding hydrogens is 334 g/mol. The van der Waals surface area contributed by atoms with Gasteiger partial charge in [0.1, 0.15) is 0 Å². The van der Waals surface area contributed by atoms with Gasteiger partial charge in [0.05, 0.1) is 6.61 Å². The molecule has 1 aliphatic heterocycles. The minimum absolute atomic E-state index is 0.152. The SMILES string of the molecule is CCc1ccccc1NC(=S)N(CCOC)C1CCN(C(C)=O)CC1. The van der Waals surface area contributed by atoms with E-state index in [-0.39, 0.29) is 5.91 Å². The molecule has 1 heterocycles. The molecule has 0 aliphatic carbocycles. The first-order chi connectivity index (χ1) is 12.1. The standard InChI is InChI=1S/C19H29N3O2S/c1-4-16-7-5-6-8-18(16)20-19(25)22(13-14-24-3)17-9-11-21(12-10-17)15(2)23/h5-8,17H,4,9-14H2,1-3H3,(H,20,25). The first-order valence-electron chi connectivity index (χ1n) is 8.96. The second-order valence-corrected chi connectivity index (χ2v) is 6.75.